The summed E-state index contributed by atoms with van der Waals surface area (Å²) in [5.74, 6) is -0.442. The van der Waals surface area contributed by atoms with E-state index < -0.39 is 5.97 Å². The highest BCUT2D eigenvalue weighted by Crippen LogP contribution is 2.29. The minimum Gasteiger partial charge on any atom is -0.488 e. The molecule has 19 heavy (non-hydrogen) atoms. The van der Waals surface area contributed by atoms with Crippen molar-refractivity contribution in [3.8, 4) is 5.75 Å². The zero-order valence-corrected chi connectivity index (χ0v) is 11.0. The zero-order chi connectivity index (χ0) is 13.8. The van der Waals surface area contributed by atoms with Crippen molar-refractivity contribution in [1.29, 1.82) is 0 Å². The molecule has 104 valence electrons. The first-order chi connectivity index (χ1) is 9.10. The molecule has 0 aliphatic heterocycles. The standard InChI is InChI=1S/C14H19NO4/c1-18-10-3-2-4-11(8-10)19-13-6-5-9(14(16)17)7-12(13)15/h5-7,10-11H,2-4,8,15H2,1H3,(H,16,17). The first kappa shape index (κ1) is 13.7. The summed E-state index contributed by atoms with van der Waals surface area (Å²) in [6.45, 7) is 0. The van der Waals surface area contributed by atoms with Crippen LogP contribution in [0, 0.1) is 0 Å². The van der Waals surface area contributed by atoms with E-state index in [1.807, 2.05) is 0 Å². The van der Waals surface area contributed by atoms with E-state index in [9.17, 15) is 4.79 Å². The number of carboxylic acid groups (broad SMARTS) is 1. The van der Waals surface area contributed by atoms with E-state index in [2.05, 4.69) is 0 Å². The molecule has 2 unspecified atom stereocenters. The second kappa shape index (κ2) is 5.93. The predicted octanol–water partition coefficient (Wildman–Crippen LogP) is 2.30. The maximum atomic E-state index is 10.8. The number of nitrogens with two attached hydrogens (primary N) is 1. The predicted molar refractivity (Wildman–Crippen MR) is 71.5 cm³/mol. The number of carboxylic acids is 1. The van der Waals surface area contributed by atoms with Crippen molar-refractivity contribution >= 4 is 11.7 Å². The molecule has 0 aromatic heterocycles. The molecule has 0 amide bonds. The molecule has 3 N–H and O–H groups in total. The Morgan fingerprint density at radius 1 is 1.37 bits per heavy atom. The van der Waals surface area contributed by atoms with Gasteiger partial charge in [0, 0.05) is 13.5 Å². The average molecular weight is 265 g/mol. The van der Waals surface area contributed by atoms with Crippen molar-refractivity contribution in [1.82, 2.24) is 0 Å². The Hall–Kier alpha value is -1.75. The molecule has 1 aromatic carbocycles. The summed E-state index contributed by atoms with van der Waals surface area (Å²) < 4.78 is 11.2. The summed E-state index contributed by atoms with van der Waals surface area (Å²) in [5, 5.41) is 8.88. The molecule has 1 aliphatic rings. The molecule has 1 saturated carbocycles. The summed E-state index contributed by atoms with van der Waals surface area (Å²) in [6.07, 6.45) is 4.26. The minimum atomic E-state index is -0.990. The number of rotatable bonds is 4. The first-order valence-electron chi connectivity index (χ1n) is 6.42. The van der Waals surface area contributed by atoms with E-state index in [0.29, 0.717) is 11.4 Å². The Bertz CT molecular complexity index is 461. The van der Waals surface area contributed by atoms with Gasteiger partial charge in [-0.2, -0.15) is 0 Å². The van der Waals surface area contributed by atoms with Crippen LogP contribution >= 0.6 is 0 Å². The van der Waals surface area contributed by atoms with Gasteiger partial charge in [-0.05, 0) is 37.5 Å². The Balaban J connectivity index is 2.04. The molecule has 2 rings (SSSR count). The van der Waals surface area contributed by atoms with Gasteiger partial charge in [0.25, 0.3) is 0 Å². The Labute approximate surface area is 112 Å². The van der Waals surface area contributed by atoms with Gasteiger partial charge in [0.2, 0.25) is 0 Å². The number of nitrogen functional groups attached to an aromatic ring is 1. The summed E-state index contributed by atoms with van der Waals surface area (Å²) in [6, 6.07) is 4.55. The molecule has 1 fully saturated rings. The molecule has 2 atom stereocenters. The summed E-state index contributed by atoms with van der Waals surface area (Å²) in [7, 11) is 1.71. The molecule has 0 radical (unpaired) electrons. The number of benzene rings is 1. The van der Waals surface area contributed by atoms with Crippen molar-refractivity contribution in [2.75, 3.05) is 12.8 Å². The second-order valence-electron chi connectivity index (χ2n) is 4.82. The fraction of sp³-hybridized carbons (Fsp3) is 0.500. The van der Waals surface area contributed by atoms with Crippen LogP contribution in [-0.2, 0) is 4.74 Å². The van der Waals surface area contributed by atoms with Gasteiger partial charge in [-0.15, -0.1) is 0 Å². The normalized spacial score (nSPS) is 23.0. The fourth-order valence-corrected chi connectivity index (χ4v) is 2.39. The smallest absolute Gasteiger partial charge is 0.335 e. The summed E-state index contributed by atoms with van der Waals surface area (Å²) >= 11 is 0. The van der Waals surface area contributed by atoms with Gasteiger partial charge in [-0.3, -0.25) is 0 Å². The molecule has 1 aliphatic carbocycles. The van der Waals surface area contributed by atoms with Crippen LogP contribution in [-0.4, -0.2) is 30.4 Å². The molecule has 5 heteroatoms. The number of anilines is 1. The number of methoxy groups -OCH3 is 1. The van der Waals surface area contributed by atoms with Crippen molar-refractivity contribution in [3.63, 3.8) is 0 Å². The van der Waals surface area contributed by atoms with Crippen LogP contribution in [0.15, 0.2) is 18.2 Å². The van der Waals surface area contributed by atoms with Gasteiger partial charge in [0.15, 0.2) is 0 Å². The highest BCUT2D eigenvalue weighted by molar-refractivity contribution is 5.89. The van der Waals surface area contributed by atoms with Crippen LogP contribution < -0.4 is 10.5 Å². The minimum absolute atomic E-state index is 0.0803. The largest absolute Gasteiger partial charge is 0.488 e. The van der Waals surface area contributed by atoms with Crippen molar-refractivity contribution in [2.24, 2.45) is 0 Å². The third-order valence-corrected chi connectivity index (χ3v) is 3.46. The molecular formula is C14H19NO4. The van der Waals surface area contributed by atoms with Gasteiger partial charge < -0.3 is 20.3 Å². The van der Waals surface area contributed by atoms with Crippen LogP contribution in [0.1, 0.15) is 36.0 Å². The Kier molecular flexibility index (Phi) is 4.27. The number of ether oxygens (including phenoxy) is 2. The average Bonchev–Trinajstić information content (AvgIpc) is 2.41. The number of carbonyl (C=O) groups is 1. The van der Waals surface area contributed by atoms with E-state index in [0.717, 1.165) is 25.7 Å². The number of aromatic carboxylic acids is 1. The highest BCUT2D eigenvalue weighted by atomic mass is 16.5. The second-order valence-corrected chi connectivity index (χ2v) is 4.82. The lowest BCUT2D eigenvalue weighted by atomic mass is 9.95. The Morgan fingerprint density at radius 2 is 2.11 bits per heavy atom. The SMILES string of the molecule is COC1CCCC(Oc2ccc(C(=O)O)cc2N)C1. The van der Waals surface area contributed by atoms with Gasteiger partial charge in [0.05, 0.1) is 17.4 Å². The molecule has 0 heterocycles. The van der Waals surface area contributed by atoms with Crippen LogP contribution in [0.5, 0.6) is 5.75 Å². The zero-order valence-electron chi connectivity index (χ0n) is 11.0. The fourth-order valence-electron chi connectivity index (χ4n) is 2.39. The van der Waals surface area contributed by atoms with E-state index in [1.54, 1.807) is 13.2 Å². The third-order valence-electron chi connectivity index (χ3n) is 3.46. The molecule has 0 spiro atoms. The van der Waals surface area contributed by atoms with Crippen LogP contribution in [0.4, 0.5) is 5.69 Å². The molecule has 1 aromatic rings. The van der Waals surface area contributed by atoms with Crippen molar-refractivity contribution < 1.29 is 19.4 Å². The van der Waals surface area contributed by atoms with E-state index >= 15 is 0 Å². The number of hydrogen-bond acceptors (Lipinski definition) is 4. The maximum Gasteiger partial charge on any atom is 0.335 e. The summed E-state index contributed by atoms with van der Waals surface area (Å²) in [5.41, 5.74) is 6.35. The van der Waals surface area contributed by atoms with Gasteiger partial charge in [-0.1, -0.05) is 0 Å². The lowest BCUT2D eigenvalue weighted by Crippen LogP contribution is -2.29. The Morgan fingerprint density at radius 3 is 2.74 bits per heavy atom. The van der Waals surface area contributed by atoms with Crippen molar-refractivity contribution in [3.05, 3.63) is 23.8 Å². The number of hydrogen-bond donors (Lipinski definition) is 2. The maximum absolute atomic E-state index is 10.8. The highest BCUT2D eigenvalue weighted by Gasteiger charge is 2.23. The van der Waals surface area contributed by atoms with Gasteiger partial charge in [-0.25, -0.2) is 4.79 Å². The van der Waals surface area contributed by atoms with Crippen LogP contribution in [0.25, 0.3) is 0 Å². The molecular weight excluding hydrogens is 246 g/mol. The lowest BCUT2D eigenvalue weighted by molar-refractivity contribution is 0.0212. The van der Waals surface area contributed by atoms with E-state index in [1.165, 1.54) is 12.1 Å². The van der Waals surface area contributed by atoms with Crippen LogP contribution in [0.3, 0.4) is 0 Å². The quantitative estimate of drug-likeness (QED) is 0.816. The monoisotopic (exact) mass is 265 g/mol. The van der Waals surface area contributed by atoms with Gasteiger partial charge >= 0.3 is 5.97 Å². The topological polar surface area (TPSA) is 81.8 Å². The van der Waals surface area contributed by atoms with Crippen LogP contribution in [0.2, 0.25) is 0 Å². The van der Waals surface area contributed by atoms with Gasteiger partial charge in [0.1, 0.15) is 11.9 Å². The van der Waals surface area contributed by atoms with E-state index in [-0.39, 0.29) is 17.8 Å². The summed E-state index contributed by atoms with van der Waals surface area (Å²) in [4.78, 5) is 10.8. The molecule has 5 nitrogen and oxygen atoms in total. The lowest BCUT2D eigenvalue weighted by Gasteiger charge is -2.29. The van der Waals surface area contributed by atoms with E-state index in [4.69, 9.17) is 20.3 Å². The van der Waals surface area contributed by atoms with Crippen molar-refractivity contribution in [2.45, 2.75) is 37.9 Å². The third kappa shape index (κ3) is 3.38. The first-order valence-corrected chi connectivity index (χ1v) is 6.42. The molecule has 0 bridgehead atoms. The molecule has 0 saturated heterocycles.